The molecule has 0 aromatic heterocycles. The number of esters is 2. The van der Waals surface area contributed by atoms with E-state index < -0.39 is 0 Å². The smallest absolute Gasteiger partial charge is 0.307 e. The van der Waals surface area contributed by atoms with Gasteiger partial charge in [0.2, 0.25) is 0 Å². The maximum Gasteiger partial charge on any atom is 0.307 e. The van der Waals surface area contributed by atoms with Gasteiger partial charge in [-0.15, -0.1) is 6.58 Å². The molecule has 0 fully saturated rings. The number of likely N-dealkylation sites (N-methyl/N-ethyl adjacent to an activating group) is 1. The third kappa shape index (κ3) is 20.3. The Balaban J connectivity index is 4.02. The van der Waals surface area contributed by atoms with E-state index in [2.05, 4.69) is 37.1 Å². The molecule has 0 aliphatic carbocycles. The summed E-state index contributed by atoms with van der Waals surface area (Å²) in [5, 5.41) is 9.19. The number of carbonyl (C=O) groups excluding carboxylic acids is 2. The van der Waals surface area contributed by atoms with Crippen LogP contribution in [0.3, 0.4) is 0 Å². The second-order valence-corrected chi connectivity index (χ2v) is 8.97. The summed E-state index contributed by atoms with van der Waals surface area (Å²) in [6, 6.07) is 0. The van der Waals surface area contributed by atoms with E-state index in [0.717, 1.165) is 64.7 Å². The molecule has 0 aromatic carbocycles. The quantitative estimate of drug-likeness (QED) is 0.149. The summed E-state index contributed by atoms with van der Waals surface area (Å²) < 4.78 is 10.5. The number of nitrogens with zero attached hydrogens (tertiary/aromatic N) is 2. The van der Waals surface area contributed by atoms with Crippen molar-refractivity contribution >= 4 is 11.9 Å². The molecule has 0 spiro atoms. The van der Waals surface area contributed by atoms with Crippen molar-refractivity contribution in [2.45, 2.75) is 72.1 Å². The lowest BCUT2D eigenvalue weighted by Gasteiger charge is -2.26. The molecule has 0 aliphatic rings. The first kappa shape index (κ1) is 34.0. The normalized spacial score (nSPS) is 12.6. The fraction of sp³-hybridized carbons (Fsp3) is 0.724. The maximum absolute atomic E-state index is 12.1. The number of carbonyl (C=O) groups is 2. The fourth-order valence-corrected chi connectivity index (χ4v) is 3.67. The zero-order valence-corrected chi connectivity index (χ0v) is 23.2. The van der Waals surface area contributed by atoms with Crippen molar-refractivity contribution in [2.24, 2.45) is 5.92 Å². The Morgan fingerprint density at radius 3 is 2.11 bits per heavy atom. The van der Waals surface area contributed by atoms with Gasteiger partial charge in [0, 0.05) is 32.6 Å². The number of hydrogen-bond acceptors (Lipinski definition) is 7. The predicted octanol–water partition coefficient (Wildman–Crippen LogP) is 4.76. The van der Waals surface area contributed by atoms with Crippen LogP contribution in [0.5, 0.6) is 0 Å². The highest BCUT2D eigenvalue weighted by Gasteiger charge is 2.10. The molecular weight excluding hydrogens is 456 g/mol. The summed E-state index contributed by atoms with van der Waals surface area (Å²) >= 11 is 0. The molecule has 0 aliphatic heterocycles. The van der Waals surface area contributed by atoms with Crippen LogP contribution in [0.4, 0.5) is 0 Å². The van der Waals surface area contributed by atoms with Crippen LogP contribution in [0.25, 0.3) is 0 Å². The van der Waals surface area contributed by atoms with E-state index in [4.69, 9.17) is 9.47 Å². The Bertz CT molecular complexity index is 615. The highest BCUT2D eigenvalue weighted by Crippen LogP contribution is 2.13. The molecule has 1 unspecified atom stereocenters. The Morgan fingerprint density at radius 1 is 0.833 bits per heavy atom. The molecule has 208 valence electrons. The van der Waals surface area contributed by atoms with Gasteiger partial charge in [0.15, 0.2) is 0 Å². The van der Waals surface area contributed by atoms with E-state index in [1.165, 1.54) is 0 Å². The van der Waals surface area contributed by atoms with Crippen molar-refractivity contribution < 1.29 is 24.2 Å². The van der Waals surface area contributed by atoms with E-state index in [0.29, 0.717) is 45.1 Å². The first-order valence-corrected chi connectivity index (χ1v) is 13.8. The molecule has 0 rings (SSSR count). The maximum atomic E-state index is 12.1. The minimum atomic E-state index is -0.181. The molecule has 1 N–H and O–H groups in total. The molecule has 0 heterocycles. The largest absolute Gasteiger partial charge is 0.461 e. The van der Waals surface area contributed by atoms with Crippen LogP contribution in [-0.2, 0) is 19.1 Å². The number of aliphatic hydroxyl groups excluding tert-OH is 1. The van der Waals surface area contributed by atoms with Gasteiger partial charge in [0.05, 0.1) is 13.0 Å². The molecule has 0 aromatic rings. The first-order chi connectivity index (χ1) is 17.5. The Morgan fingerprint density at radius 2 is 1.50 bits per heavy atom. The van der Waals surface area contributed by atoms with E-state index >= 15 is 0 Å². The molecule has 0 radical (unpaired) electrons. The van der Waals surface area contributed by atoms with Gasteiger partial charge >= 0.3 is 11.9 Å². The number of rotatable bonds is 24. The van der Waals surface area contributed by atoms with Gasteiger partial charge in [-0.1, -0.05) is 57.6 Å². The van der Waals surface area contributed by atoms with E-state index in [1.54, 1.807) is 0 Å². The molecule has 7 heteroatoms. The van der Waals surface area contributed by atoms with Crippen molar-refractivity contribution in [3.63, 3.8) is 0 Å². The lowest BCUT2D eigenvalue weighted by atomic mass is 9.99. The highest BCUT2D eigenvalue weighted by atomic mass is 16.5. The predicted molar refractivity (Wildman–Crippen MR) is 148 cm³/mol. The van der Waals surface area contributed by atoms with Gasteiger partial charge in [0.25, 0.3) is 0 Å². The monoisotopic (exact) mass is 508 g/mol. The van der Waals surface area contributed by atoms with Crippen LogP contribution in [0.1, 0.15) is 72.1 Å². The van der Waals surface area contributed by atoms with Crippen molar-refractivity contribution in [3.05, 3.63) is 37.0 Å². The van der Waals surface area contributed by atoms with Crippen LogP contribution in [0.2, 0.25) is 0 Å². The molecule has 7 nitrogen and oxygen atoms in total. The van der Waals surface area contributed by atoms with Crippen molar-refractivity contribution in [1.82, 2.24) is 9.80 Å². The second kappa shape index (κ2) is 24.7. The van der Waals surface area contributed by atoms with Gasteiger partial charge in [-0.2, -0.15) is 0 Å². The van der Waals surface area contributed by atoms with Gasteiger partial charge in [-0.05, 0) is 51.1 Å². The lowest BCUT2D eigenvalue weighted by Crippen LogP contribution is -2.37. The van der Waals surface area contributed by atoms with Crippen molar-refractivity contribution in [1.29, 1.82) is 0 Å². The van der Waals surface area contributed by atoms with E-state index in [1.807, 2.05) is 30.4 Å². The molecule has 0 amide bonds. The van der Waals surface area contributed by atoms with Crippen LogP contribution in [-0.4, -0.2) is 85.9 Å². The zero-order valence-electron chi connectivity index (χ0n) is 23.2. The third-order valence-electron chi connectivity index (χ3n) is 5.99. The SMILES string of the molecule is C=CC(C/C=C\COC(=O)CCN(CC)CCN(CCC)CCO)CC/C=C/COC(=O)CCCC. The first-order valence-electron chi connectivity index (χ1n) is 13.8. The lowest BCUT2D eigenvalue weighted by molar-refractivity contribution is -0.143. The minimum absolute atomic E-state index is 0.132. The number of allylic oxidation sites excluding steroid dienone is 3. The van der Waals surface area contributed by atoms with Crippen LogP contribution in [0.15, 0.2) is 37.0 Å². The average Bonchev–Trinajstić information content (AvgIpc) is 2.88. The summed E-state index contributed by atoms with van der Waals surface area (Å²) in [5.74, 6) is 0.0385. The molecule has 1 atom stereocenters. The van der Waals surface area contributed by atoms with Gasteiger partial charge in [0.1, 0.15) is 13.2 Å². The van der Waals surface area contributed by atoms with Crippen LogP contribution in [0, 0.1) is 5.92 Å². The zero-order chi connectivity index (χ0) is 26.9. The van der Waals surface area contributed by atoms with Gasteiger partial charge in [-0.25, -0.2) is 0 Å². The Labute approximate surface area is 220 Å². The molecule has 0 bridgehead atoms. The summed E-state index contributed by atoms with van der Waals surface area (Å²) in [7, 11) is 0. The van der Waals surface area contributed by atoms with Crippen molar-refractivity contribution in [3.8, 4) is 0 Å². The van der Waals surface area contributed by atoms with E-state index in [-0.39, 0.29) is 18.5 Å². The molecular formula is C29H52N2O5. The Kier molecular flexibility index (Phi) is 23.4. The number of unbranched alkanes of at least 4 members (excludes halogenated alkanes) is 1. The summed E-state index contributed by atoms with van der Waals surface area (Å²) in [6.45, 7) is 16.0. The summed E-state index contributed by atoms with van der Waals surface area (Å²) in [6.07, 6.45) is 16.4. The summed E-state index contributed by atoms with van der Waals surface area (Å²) in [5.41, 5.74) is 0. The fourth-order valence-electron chi connectivity index (χ4n) is 3.67. The highest BCUT2D eigenvalue weighted by molar-refractivity contribution is 5.69. The average molecular weight is 509 g/mol. The number of aliphatic hydroxyl groups is 1. The third-order valence-corrected chi connectivity index (χ3v) is 5.99. The number of ether oxygens (including phenoxy) is 2. The molecule has 0 saturated heterocycles. The molecule has 36 heavy (non-hydrogen) atoms. The van der Waals surface area contributed by atoms with Crippen LogP contribution >= 0.6 is 0 Å². The van der Waals surface area contributed by atoms with Crippen LogP contribution < -0.4 is 0 Å². The topological polar surface area (TPSA) is 79.3 Å². The Hall–Kier alpha value is -1.96. The number of hydrogen-bond donors (Lipinski definition) is 1. The second-order valence-electron chi connectivity index (χ2n) is 8.97. The van der Waals surface area contributed by atoms with Crippen molar-refractivity contribution in [2.75, 3.05) is 59.1 Å². The standard InChI is InChI=1S/C29H52N2O5/c1-5-9-17-28(33)35-25-13-10-11-15-27(7-3)16-12-14-26-36-29(34)18-20-30(8-4)21-22-31(19-6-2)23-24-32/h7,10,12-14,27,32H,3,5-6,8-9,11,15-26H2,1-2,4H3/b13-10+,14-12-. The minimum Gasteiger partial charge on any atom is -0.461 e. The van der Waals surface area contributed by atoms with Gasteiger partial charge in [-0.3, -0.25) is 14.5 Å². The molecule has 0 saturated carbocycles. The van der Waals surface area contributed by atoms with Gasteiger partial charge < -0.3 is 19.5 Å². The van der Waals surface area contributed by atoms with E-state index in [9.17, 15) is 14.7 Å². The summed E-state index contributed by atoms with van der Waals surface area (Å²) in [4.78, 5) is 28.1.